The summed E-state index contributed by atoms with van der Waals surface area (Å²) in [5, 5.41) is 8.81. The molecule has 0 aromatic carbocycles. The second-order valence-corrected chi connectivity index (χ2v) is 3.90. The number of hydrogen-bond donors (Lipinski definition) is 1. The Bertz CT molecular complexity index is 202. The second-order valence-electron chi connectivity index (χ2n) is 3.90. The van der Waals surface area contributed by atoms with Crippen LogP contribution in [0.3, 0.4) is 0 Å². The molecule has 0 aromatic rings. The molecule has 2 aliphatic heterocycles. The molecule has 68 valence electrons. The summed E-state index contributed by atoms with van der Waals surface area (Å²) in [6, 6.07) is 0. The van der Waals surface area contributed by atoms with E-state index in [2.05, 4.69) is 0 Å². The van der Waals surface area contributed by atoms with E-state index >= 15 is 0 Å². The highest BCUT2D eigenvalue weighted by Crippen LogP contribution is 2.42. The van der Waals surface area contributed by atoms with Crippen LogP contribution in [0.25, 0.3) is 0 Å². The molecule has 12 heavy (non-hydrogen) atoms. The van der Waals surface area contributed by atoms with E-state index in [1.807, 2.05) is 0 Å². The Morgan fingerprint density at radius 3 is 2.75 bits per heavy atom. The van der Waals surface area contributed by atoms with Crippen LogP contribution in [-0.4, -0.2) is 23.3 Å². The third-order valence-electron chi connectivity index (χ3n) is 3.18. The molecule has 0 amide bonds. The number of hydrogen-bond acceptors (Lipinski definition) is 2. The molecule has 0 saturated carbocycles. The normalized spacial score (nSPS) is 41.6. The summed E-state index contributed by atoms with van der Waals surface area (Å²) in [4.78, 5) is 10.7. The molecule has 0 aromatic heterocycles. The summed E-state index contributed by atoms with van der Waals surface area (Å²) in [5.74, 6) is -0.655. The average molecular weight is 170 g/mol. The van der Waals surface area contributed by atoms with Gasteiger partial charge in [0.25, 0.3) is 0 Å². The highest BCUT2D eigenvalue weighted by molar-refractivity contribution is 5.70. The van der Waals surface area contributed by atoms with Crippen molar-refractivity contribution in [2.75, 3.05) is 0 Å². The van der Waals surface area contributed by atoms with Gasteiger partial charge in [-0.2, -0.15) is 0 Å². The molecule has 3 heteroatoms. The molecule has 2 bridgehead atoms. The maximum atomic E-state index is 10.7. The highest BCUT2D eigenvalue weighted by Gasteiger charge is 2.44. The van der Waals surface area contributed by atoms with E-state index in [0.29, 0.717) is 6.10 Å². The lowest BCUT2D eigenvalue weighted by Gasteiger charge is -2.21. The van der Waals surface area contributed by atoms with Gasteiger partial charge in [0, 0.05) is 5.92 Å². The molecule has 0 radical (unpaired) electrons. The fraction of sp³-hybridized carbons (Fsp3) is 0.889. The summed E-state index contributed by atoms with van der Waals surface area (Å²) >= 11 is 0. The third kappa shape index (κ3) is 1.12. The van der Waals surface area contributed by atoms with Gasteiger partial charge in [-0.3, -0.25) is 4.79 Å². The molecule has 4 unspecified atom stereocenters. The summed E-state index contributed by atoms with van der Waals surface area (Å²) in [6.45, 7) is 1.79. The van der Waals surface area contributed by atoms with Gasteiger partial charge < -0.3 is 9.84 Å². The van der Waals surface area contributed by atoms with Gasteiger partial charge in [-0.15, -0.1) is 0 Å². The first kappa shape index (κ1) is 8.05. The van der Waals surface area contributed by atoms with Gasteiger partial charge in [-0.25, -0.2) is 0 Å². The van der Waals surface area contributed by atoms with Crippen LogP contribution in [0.5, 0.6) is 0 Å². The van der Waals surface area contributed by atoms with Gasteiger partial charge in [0.2, 0.25) is 0 Å². The van der Waals surface area contributed by atoms with E-state index in [0.717, 1.165) is 19.3 Å². The number of carbonyl (C=O) groups is 1. The topological polar surface area (TPSA) is 46.5 Å². The summed E-state index contributed by atoms with van der Waals surface area (Å²) in [7, 11) is 0. The summed E-state index contributed by atoms with van der Waals surface area (Å²) in [5.41, 5.74) is 0. The first-order valence-electron chi connectivity index (χ1n) is 4.56. The van der Waals surface area contributed by atoms with Crippen LogP contribution in [0.1, 0.15) is 26.2 Å². The van der Waals surface area contributed by atoms with E-state index in [1.165, 1.54) is 0 Å². The van der Waals surface area contributed by atoms with Crippen LogP contribution in [0.15, 0.2) is 0 Å². The number of ether oxygens (including phenoxy) is 1. The monoisotopic (exact) mass is 170 g/mol. The largest absolute Gasteiger partial charge is 0.481 e. The highest BCUT2D eigenvalue weighted by atomic mass is 16.5. The van der Waals surface area contributed by atoms with Crippen molar-refractivity contribution in [1.29, 1.82) is 0 Å². The van der Waals surface area contributed by atoms with E-state index in [-0.39, 0.29) is 17.9 Å². The van der Waals surface area contributed by atoms with Crippen molar-refractivity contribution in [2.24, 2.45) is 11.8 Å². The number of aliphatic carboxylic acids is 1. The molecule has 1 N–H and O–H groups in total. The minimum Gasteiger partial charge on any atom is -0.481 e. The zero-order chi connectivity index (χ0) is 8.72. The summed E-state index contributed by atoms with van der Waals surface area (Å²) in [6.07, 6.45) is 3.75. The standard InChI is InChI=1S/C9H14O3/c1-5(9(10)11)7-4-6-2-3-8(7)12-6/h5-8H,2-4H2,1H3,(H,10,11). The minimum atomic E-state index is -0.684. The number of rotatable bonds is 2. The van der Waals surface area contributed by atoms with Gasteiger partial charge in [-0.1, -0.05) is 6.92 Å². The average Bonchev–Trinajstić information content (AvgIpc) is 2.62. The maximum Gasteiger partial charge on any atom is 0.306 e. The number of carboxylic acids is 1. The fourth-order valence-electron chi connectivity index (χ4n) is 2.39. The van der Waals surface area contributed by atoms with Crippen LogP contribution < -0.4 is 0 Å². The van der Waals surface area contributed by atoms with Crippen LogP contribution in [-0.2, 0) is 9.53 Å². The van der Waals surface area contributed by atoms with Crippen molar-refractivity contribution in [1.82, 2.24) is 0 Å². The Labute approximate surface area is 71.7 Å². The zero-order valence-corrected chi connectivity index (χ0v) is 7.19. The molecule has 0 spiro atoms. The molecule has 2 heterocycles. The minimum absolute atomic E-state index is 0.236. The third-order valence-corrected chi connectivity index (χ3v) is 3.18. The Morgan fingerprint density at radius 1 is 1.58 bits per heavy atom. The molecule has 2 fully saturated rings. The molecule has 2 saturated heterocycles. The van der Waals surface area contributed by atoms with Gasteiger partial charge in [-0.05, 0) is 19.3 Å². The molecular formula is C9H14O3. The Morgan fingerprint density at radius 2 is 2.33 bits per heavy atom. The SMILES string of the molecule is CC(C(=O)O)C1CC2CCC1O2. The Hall–Kier alpha value is -0.570. The fourth-order valence-corrected chi connectivity index (χ4v) is 2.39. The number of fused-ring (bicyclic) bond motifs is 2. The molecule has 3 nitrogen and oxygen atoms in total. The Kier molecular flexibility index (Phi) is 1.83. The Balaban J connectivity index is 2.02. The van der Waals surface area contributed by atoms with E-state index in [4.69, 9.17) is 9.84 Å². The van der Waals surface area contributed by atoms with Crippen molar-refractivity contribution in [3.8, 4) is 0 Å². The van der Waals surface area contributed by atoms with Gasteiger partial charge in [0.15, 0.2) is 0 Å². The van der Waals surface area contributed by atoms with Gasteiger partial charge in [0.1, 0.15) is 0 Å². The lowest BCUT2D eigenvalue weighted by Crippen LogP contribution is -2.28. The molecule has 2 rings (SSSR count). The van der Waals surface area contributed by atoms with Crippen molar-refractivity contribution < 1.29 is 14.6 Å². The quantitative estimate of drug-likeness (QED) is 0.679. The van der Waals surface area contributed by atoms with Crippen molar-refractivity contribution in [2.45, 2.75) is 38.4 Å². The van der Waals surface area contributed by atoms with Crippen LogP contribution in [0.2, 0.25) is 0 Å². The molecule has 4 atom stereocenters. The second kappa shape index (κ2) is 2.73. The predicted molar refractivity (Wildman–Crippen MR) is 42.8 cm³/mol. The first-order valence-corrected chi connectivity index (χ1v) is 4.56. The van der Waals surface area contributed by atoms with Gasteiger partial charge in [0.05, 0.1) is 18.1 Å². The molecular weight excluding hydrogens is 156 g/mol. The van der Waals surface area contributed by atoms with Crippen molar-refractivity contribution in [3.05, 3.63) is 0 Å². The van der Waals surface area contributed by atoms with Crippen LogP contribution in [0, 0.1) is 11.8 Å². The van der Waals surface area contributed by atoms with Gasteiger partial charge >= 0.3 is 5.97 Å². The predicted octanol–water partition coefficient (Wildman–Crippen LogP) is 1.27. The lowest BCUT2D eigenvalue weighted by molar-refractivity contribution is -0.143. The van der Waals surface area contributed by atoms with Crippen molar-refractivity contribution in [3.63, 3.8) is 0 Å². The smallest absolute Gasteiger partial charge is 0.306 e. The van der Waals surface area contributed by atoms with Crippen LogP contribution >= 0.6 is 0 Å². The summed E-state index contributed by atoms with van der Waals surface area (Å²) < 4.78 is 5.59. The lowest BCUT2D eigenvalue weighted by atomic mass is 9.81. The zero-order valence-electron chi connectivity index (χ0n) is 7.19. The van der Waals surface area contributed by atoms with E-state index in [1.54, 1.807) is 6.92 Å². The molecule has 0 aliphatic carbocycles. The van der Waals surface area contributed by atoms with E-state index < -0.39 is 5.97 Å². The van der Waals surface area contributed by atoms with Crippen LogP contribution in [0.4, 0.5) is 0 Å². The maximum absolute atomic E-state index is 10.7. The number of carboxylic acid groups (broad SMARTS) is 1. The molecule has 2 aliphatic rings. The van der Waals surface area contributed by atoms with E-state index in [9.17, 15) is 4.79 Å². The van der Waals surface area contributed by atoms with Crippen molar-refractivity contribution >= 4 is 5.97 Å². The first-order chi connectivity index (χ1) is 5.68.